The van der Waals surface area contributed by atoms with Crippen molar-refractivity contribution in [3.8, 4) is 0 Å². The van der Waals surface area contributed by atoms with Crippen molar-refractivity contribution in [2.45, 2.75) is 26.1 Å². The summed E-state index contributed by atoms with van der Waals surface area (Å²) in [5.74, 6) is 1.15. The van der Waals surface area contributed by atoms with Gasteiger partial charge >= 0.3 is 0 Å². The van der Waals surface area contributed by atoms with Crippen molar-refractivity contribution >= 4 is 17.7 Å². The first-order valence-electron chi connectivity index (χ1n) is 6.84. The molecule has 3 atom stereocenters. The number of nitrogens with one attached hydrogen (secondary N) is 1. The first-order valence-corrected chi connectivity index (χ1v) is 8.24. The minimum absolute atomic E-state index is 0.0474. The molecule has 5 heteroatoms. The van der Waals surface area contributed by atoms with Gasteiger partial charge in [0.15, 0.2) is 0 Å². The lowest BCUT2D eigenvalue weighted by atomic mass is 10.1. The lowest BCUT2D eigenvalue weighted by Gasteiger charge is -2.27. The monoisotopic (exact) mass is 296 g/mol. The topological polar surface area (TPSA) is 32.3 Å². The van der Waals surface area contributed by atoms with Gasteiger partial charge in [0.1, 0.15) is 12.0 Å². The molecule has 0 saturated carbocycles. The Hall–Kier alpha value is -1.07. The van der Waals surface area contributed by atoms with Crippen molar-refractivity contribution in [2.75, 3.05) is 18.6 Å². The van der Waals surface area contributed by atoms with Crippen LogP contribution in [0.5, 0.6) is 0 Å². The van der Waals surface area contributed by atoms with Gasteiger partial charge in [-0.2, -0.15) is 11.8 Å². The summed E-state index contributed by atoms with van der Waals surface area (Å²) in [6, 6.07) is 6.39. The summed E-state index contributed by atoms with van der Waals surface area (Å²) in [6.45, 7) is 4.59. The molecule has 0 aromatic heterocycles. The average Bonchev–Trinajstić information content (AvgIpc) is 2.68. The van der Waals surface area contributed by atoms with E-state index in [9.17, 15) is 9.18 Å². The van der Waals surface area contributed by atoms with Gasteiger partial charge in [0.25, 0.3) is 0 Å². The Bertz CT molecular complexity index is 483. The molecular formula is C15H21FN2OS. The zero-order chi connectivity index (χ0) is 14.7. The second-order valence-corrected chi connectivity index (χ2v) is 6.27. The van der Waals surface area contributed by atoms with E-state index in [4.69, 9.17) is 0 Å². The summed E-state index contributed by atoms with van der Waals surface area (Å²) < 4.78 is 14.0. The Morgan fingerprint density at radius 2 is 2.15 bits per heavy atom. The minimum Gasteiger partial charge on any atom is -0.321 e. The van der Waals surface area contributed by atoms with Crippen molar-refractivity contribution in [1.29, 1.82) is 0 Å². The highest BCUT2D eigenvalue weighted by atomic mass is 32.2. The second kappa shape index (κ2) is 6.59. The number of hydrogen-bond donors (Lipinski definition) is 1. The van der Waals surface area contributed by atoms with E-state index in [0.717, 1.165) is 5.75 Å². The highest BCUT2D eigenvalue weighted by Gasteiger charge is 2.38. The van der Waals surface area contributed by atoms with Crippen molar-refractivity contribution in [3.63, 3.8) is 0 Å². The van der Waals surface area contributed by atoms with E-state index in [1.165, 1.54) is 6.07 Å². The van der Waals surface area contributed by atoms with Crippen molar-refractivity contribution in [2.24, 2.45) is 5.92 Å². The van der Waals surface area contributed by atoms with E-state index in [0.29, 0.717) is 18.0 Å². The fourth-order valence-electron chi connectivity index (χ4n) is 2.60. The smallest absolute Gasteiger partial charge is 0.241 e. The maximum Gasteiger partial charge on any atom is 0.241 e. The Morgan fingerprint density at radius 3 is 2.80 bits per heavy atom. The maximum atomic E-state index is 14.0. The van der Waals surface area contributed by atoms with Crippen LogP contribution in [0, 0.1) is 11.7 Å². The SMILES string of the molecule is CSCC(C)CN1C(=O)C(C)NC1c1ccccc1F. The summed E-state index contributed by atoms with van der Waals surface area (Å²) in [5, 5.41) is 3.19. The summed E-state index contributed by atoms with van der Waals surface area (Å²) in [5.41, 5.74) is 0.543. The summed E-state index contributed by atoms with van der Waals surface area (Å²) in [7, 11) is 0. The maximum absolute atomic E-state index is 14.0. The van der Waals surface area contributed by atoms with Crippen LogP contribution in [0.4, 0.5) is 4.39 Å². The first-order chi connectivity index (χ1) is 9.54. The number of thioether (sulfide) groups is 1. The average molecular weight is 296 g/mol. The van der Waals surface area contributed by atoms with Gasteiger partial charge in [-0.3, -0.25) is 10.1 Å². The Kier molecular flexibility index (Phi) is 5.05. The molecule has 2 rings (SSSR count). The third-order valence-electron chi connectivity index (χ3n) is 3.53. The molecule has 1 saturated heterocycles. The fraction of sp³-hybridized carbons (Fsp3) is 0.533. The number of benzene rings is 1. The van der Waals surface area contributed by atoms with Crippen molar-refractivity contribution in [1.82, 2.24) is 10.2 Å². The molecule has 3 unspecified atom stereocenters. The van der Waals surface area contributed by atoms with Gasteiger partial charge in [-0.15, -0.1) is 0 Å². The number of hydrogen-bond acceptors (Lipinski definition) is 3. The molecule has 1 heterocycles. The molecule has 1 aromatic rings. The molecule has 0 spiro atoms. The van der Waals surface area contributed by atoms with Gasteiger partial charge in [0.05, 0.1) is 6.04 Å². The van der Waals surface area contributed by atoms with Crippen LogP contribution in [0.15, 0.2) is 24.3 Å². The van der Waals surface area contributed by atoms with E-state index < -0.39 is 0 Å². The van der Waals surface area contributed by atoms with Crippen LogP contribution in [0.25, 0.3) is 0 Å². The van der Waals surface area contributed by atoms with Crippen LogP contribution < -0.4 is 5.32 Å². The number of carbonyl (C=O) groups excluding carboxylic acids is 1. The lowest BCUT2D eigenvalue weighted by molar-refractivity contribution is -0.130. The van der Waals surface area contributed by atoms with Gasteiger partial charge in [-0.1, -0.05) is 25.1 Å². The molecule has 0 radical (unpaired) electrons. The van der Waals surface area contributed by atoms with Crippen LogP contribution in [0.1, 0.15) is 25.6 Å². The standard InChI is InChI=1S/C15H21FN2OS/c1-10(9-20-3)8-18-14(17-11(2)15(18)19)12-6-4-5-7-13(12)16/h4-7,10-11,14,17H,8-9H2,1-3H3. The molecular weight excluding hydrogens is 275 g/mol. The predicted molar refractivity (Wildman–Crippen MR) is 81.0 cm³/mol. The number of halogens is 1. The molecule has 0 bridgehead atoms. The zero-order valence-corrected chi connectivity index (χ0v) is 12.9. The van der Waals surface area contributed by atoms with E-state index >= 15 is 0 Å². The predicted octanol–water partition coefficient (Wildman–Crippen LogP) is 2.64. The quantitative estimate of drug-likeness (QED) is 0.906. The normalized spacial score (nSPS) is 24.2. The number of rotatable bonds is 5. The van der Waals surface area contributed by atoms with Gasteiger partial charge in [-0.05, 0) is 30.9 Å². The van der Waals surface area contributed by atoms with Crippen LogP contribution in [-0.4, -0.2) is 35.4 Å². The van der Waals surface area contributed by atoms with Gasteiger partial charge in [0.2, 0.25) is 5.91 Å². The molecule has 1 aliphatic rings. The third-order valence-corrected chi connectivity index (χ3v) is 4.43. The van der Waals surface area contributed by atoms with Crippen LogP contribution in [-0.2, 0) is 4.79 Å². The highest BCUT2D eigenvalue weighted by Crippen LogP contribution is 2.28. The van der Waals surface area contributed by atoms with Crippen molar-refractivity contribution < 1.29 is 9.18 Å². The van der Waals surface area contributed by atoms with Gasteiger partial charge < -0.3 is 4.90 Å². The van der Waals surface area contributed by atoms with Crippen molar-refractivity contribution in [3.05, 3.63) is 35.6 Å². The first kappa shape index (κ1) is 15.3. The summed E-state index contributed by atoms with van der Waals surface area (Å²) in [4.78, 5) is 14.0. The van der Waals surface area contributed by atoms with E-state index in [1.807, 2.05) is 6.92 Å². The largest absolute Gasteiger partial charge is 0.321 e. The Morgan fingerprint density at radius 1 is 1.45 bits per heavy atom. The van der Waals surface area contributed by atoms with Crippen LogP contribution in [0.2, 0.25) is 0 Å². The van der Waals surface area contributed by atoms with Gasteiger partial charge in [0, 0.05) is 12.1 Å². The molecule has 20 heavy (non-hydrogen) atoms. The second-order valence-electron chi connectivity index (χ2n) is 5.36. The third kappa shape index (κ3) is 3.15. The number of amides is 1. The zero-order valence-electron chi connectivity index (χ0n) is 12.1. The summed E-state index contributed by atoms with van der Waals surface area (Å²) >= 11 is 1.76. The van der Waals surface area contributed by atoms with Gasteiger partial charge in [-0.25, -0.2) is 4.39 Å². The minimum atomic E-state index is -0.358. The van der Waals surface area contributed by atoms with E-state index in [2.05, 4.69) is 18.5 Å². The molecule has 1 fully saturated rings. The molecule has 1 N–H and O–H groups in total. The fourth-order valence-corrected chi connectivity index (χ4v) is 3.27. The highest BCUT2D eigenvalue weighted by molar-refractivity contribution is 7.98. The van der Waals surface area contributed by atoms with Crippen LogP contribution >= 0.6 is 11.8 Å². The summed E-state index contributed by atoms with van der Waals surface area (Å²) in [6.07, 6.45) is 1.69. The number of carbonyl (C=O) groups is 1. The Balaban J connectivity index is 2.22. The molecule has 110 valence electrons. The Labute approximate surface area is 123 Å². The van der Waals surface area contributed by atoms with E-state index in [-0.39, 0.29) is 23.9 Å². The van der Waals surface area contributed by atoms with Crippen LogP contribution in [0.3, 0.4) is 0 Å². The lowest BCUT2D eigenvalue weighted by Crippen LogP contribution is -2.35. The number of nitrogens with zero attached hydrogens (tertiary/aromatic N) is 1. The molecule has 0 aliphatic carbocycles. The van der Waals surface area contributed by atoms with E-state index in [1.54, 1.807) is 34.9 Å². The molecule has 1 amide bonds. The molecule has 1 aliphatic heterocycles. The molecule has 1 aromatic carbocycles. The molecule has 3 nitrogen and oxygen atoms in total.